The monoisotopic (exact) mass is 260 g/mol. The van der Waals surface area contributed by atoms with Crippen LogP contribution in [0.5, 0.6) is 5.75 Å². The number of benzene rings is 1. The maximum absolute atomic E-state index is 10.0. The van der Waals surface area contributed by atoms with Gasteiger partial charge in [0.05, 0.1) is 5.02 Å². The Morgan fingerprint density at radius 1 is 1.46 bits per heavy atom. The lowest BCUT2D eigenvalue weighted by Crippen LogP contribution is -1.77. The molecule has 0 aliphatic rings. The quantitative estimate of drug-likeness (QED) is 0.656. The number of hydrogen-bond acceptors (Lipinski definition) is 2. The van der Waals surface area contributed by atoms with Gasteiger partial charge in [0.2, 0.25) is 0 Å². The van der Waals surface area contributed by atoms with Gasteiger partial charge in [-0.05, 0) is 24.3 Å². The number of phenols is 1. The van der Waals surface area contributed by atoms with Gasteiger partial charge < -0.3 is 5.11 Å². The second kappa shape index (κ2) is 4.44. The van der Waals surface area contributed by atoms with E-state index in [9.17, 15) is 9.90 Å². The second-order valence-electron chi connectivity index (χ2n) is 2.32. The summed E-state index contributed by atoms with van der Waals surface area (Å²) in [6.45, 7) is 0. The summed E-state index contributed by atoms with van der Waals surface area (Å²) in [4.78, 5) is 10.0. The maximum atomic E-state index is 10.0. The molecule has 1 aromatic rings. The summed E-state index contributed by atoms with van der Waals surface area (Å²) < 4.78 is 0.751. The molecule has 4 heteroatoms. The summed E-state index contributed by atoms with van der Waals surface area (Å²) in [7, 11) is 0. The molecule has 0 aliphatic heterocycles. The molecule has 0 aromatic heterocycles. The molecule has 1 N–H and O–H groups in total. The standard InChI is InChI=1S/C9H6BrClO2/c10-7-4-6(2-1-3-12)9(13)8(11)5-7/h1-5,13H/b2-1+. The van der Waals surface area contributed by atoms with E-state index >= 15 is 0 Å². The van der Waals surface area contributed by atoms with E-state index in [0.717, 1.165) is 4.47 Å². The first-order valence-electron chi connectivity index (χ1n) is 3.45. The molecule has 0 bridgehead atoms. The van der Waals surface area contributed by atoms with Crippen molar-refractivity contribution in [1.82, 2.24) is 0 Å². The van der Waals surface area contributed by atoms with Gasteiger partial charge in [-0.15, -0.1) is 0 Å². The molecule has 0 saturated heterocycles. The van der Waals surface area contributed by atoms with Gasteiger partial charge in [-0.25, -0.2) is 0 Å². The Kier molecular flexibility index (Phi) is 3.51. The molecule has 0 unspecified atom stereocenters. The van der Waals surface area contributed by atoms with Crippen LogP contribution in [0.4, 0.5) is 0 Å². The van der Waals surface area contributed by atoms with Gasteiger partial charge in [0.15, 0.2) is 0 Å². The van der Waals surface area contributed by atoms with Crippen molar-refractivity contribution in [2.24, 2.45) is 0 Å². The molecule has 0 fully saturated rings. The fraction of sp³-hybridized carbons (Fsp3) is 0. The molecule has 0 spiro atoms. The van der Waals surface area contributed by atoms with Crippen LogP contribution < -0.4 is 0 Å². The maximum Gasteiger partial charge on any atom is 0.142 e. The van der Waals surface area contributed by atoms with Crippen LogP contribution in [0.25, 0.3) is 6.08 Å². The third kappa shape index (κ3) is 2.57. The average molecular weight is 262 g/mol. The summed E-state index contributed by atoms with van der Waals surface area (Å²) in [5.41, 5.74) is 0.506. The van der Waals surface area contributed by atoms with Gasteiger partial charge in [0.1, 0.15) is 12.0 Å². The molecule has 13 heavy (non-hydrogen) atoms. The third-order valence-electron chi connectivity index (χ3n) is 1.41. The van der Waals surface area contributed by atoms with Gasteiger partial charge in [-0.1, -0.05) is 27.5 Å². The van der Waals surface area contributed by atoms with Crippen LogP contribution in [0.2, 0.25) is 5.02 Å². The number of carbonyl (C=O) groups is 1. The lowest BCUT2D eigenvalue weighted by atomic mass is 10.2. The lowest BCUT2D eigenvalue weighted by Gasteiger charge is -2.01. The van der Waals surface area contributed by atoms with Crippen LogP contribution in [0, 0.1) is 0 Å². The molecule has 0 aliphatic carbocycles. The zero-order valence-electron chi connectivity index (χ0n) is 6.50. The molecule has 2 nitrogen and oxygen atoms in total. The Bertz CT molecular complexity index is 361. The molecule has 0 radical (unpaired) electrons. The summed E-state index contributed by atoms with van der Waals surface area (Å²) in [5.74, 6) is -0.0250. The van der Waals surface area contributed by atoms with Crippen molar-refractivity contribution in [3.63, 3.8) is 0 Å². The van der Waals surface area contributed by atoms with Gasteiger partial charge >= 0.3 is 0 Å². The predicted octanol–water partition coefficient (Wildman–Crippen LogP) is 3.02. The summed E-state index contributed by atoms with van der Waals surface area (Å²) >= 11 is 8.92. The molecular formula is C9H6BrClO2. The first kappa shape index (κ1) is 10.3. The van der Waals surface area contributed by atoms with Gasteiger partial charge in [0.25, 0.3) is 0 Å². The number of hydrogen-bond donors (Lipinski definition) is 1. The number of allylic oxidation sites excluding steroid dienone is 1. The minimum Gasteiger partial charge on any atom is -0.506 e. The van der Waals surface area contributed by atoms with Crippen molar-refractivity contribution in [1.29, 1.82) is 0 Å². The van der Waals surface area contributed by atoms with Crippen molar-refractivity contribution in [3.05, 3.63) is 33.3 Å². The van der Waals surface area contributed by atoms with E-state index in [4.69, 9.17) is 11.6 Å². The normalized spacial score (nSPS) is 10.6. The largest absolute Gasteiger partial charge is 0.506 e. The first-order chi connectivity index (χ1) is 6.15. The Morgan fingerprint density at radius 2 is 2.15 bits per heavy atom. The zero-order chi connectivity index (χ0) is 9.84. The van der Waals surface area contributed by atoms with Gasteiger partial charge in [0, 0.05) is 10.0 Å². The number of carbonyl (C=O) groups excluding carboxylic acids is 1. The van der Waals surface area contributed by atoms with Crippen LogP contribution >= 0.6 is 27.5 Å². The van der Waals surface area contributed by atoms with E-state index in [1.807, 2.05) is 0 Å². The van der Waals surface area contributed by atoms with E-state index in [1.54, 1.807) is 12.1 Å². The molecule has 0 saturated carbocycles. The highest BCUT2D eigenvalue weighted by Gasteiger charge is 2.04. The Morgan fingerprint density at radius 3 is 2.77 bits per heavy atom. The zero-order valence-corrected chi connectivity index (χ0v) is 8.84. The topological polar surface area (TPSA) is 37.3 Å². The van der Waals surface area contributed by atoms with Crippen LogP contribution in [-0.2, 0) is 4.79 Å². The minimum atomic E-state index is -0.0250. The summed E-state index contributed by atoms with van der Waals surface area (Å²) in [5, 5.41) is 9.68. The molecular weight excluding hydrogens is 255 g/mol. The molecule has 0 atom stereocenters. The Balaban J connectivity index is 3.19. The average Bonchev–Trinajstić information content (AvgIpc) is 2.09. The molecule has 68 valence electrons. The SMILES string of the molecule is O=C/C=C/c1cc(Br)cc(Cl)c1O. The Hall–Kier alpha value is -0.800. The first-order valence-corrected chi connectivity index (χ1v) is 4.62. The second-order valence-corrected chi connectivity index (χ2v) is 3.64. The summed E-state index contributed by atoms with van der Waals surface area (Å²) in [6, 6.07) is 3.25. The fourth-order valence-corrected chi connectivity index (χ4v) is 1.69. The molecule has 1 aromatic carbocycles. The van der Waals surface area contributed by atoms with Crippen molar-refractivity contribution < 1.29 is 9.90 Å². The van der Waals surface area contributed by atoms with E-state index in [0.29, 0.717) is 11.8 Å². The number of halogens is 2. The van der Waals surface area contributed by atoms with Crippen LogP contribution in [0.15, 0.2) is 22.7 Å². The number of aromatic hydroxyl groups is 1. The van der Waals surface area contributed by atoms with E-state index in [2.05, 4.69) is 15.9 Å². The van der Waals surface area contributed by atoms with Crippen LogP contribution in [0.1, 0.15) is 5.56 Å². The summed E-state index contributed by atoms with van der Waals surface area (Å²) in [6.07, 6.45) is 3.41. The van der Waals surface area contributed by atoms with Crippen molar-refractivity contribution in [2.45, 2.75) is 0 Å². The van der Waals surface area contributed by atoms with E-state index in [1.165, 1.54) is 12.2 Å². The highest BCUT2D eigenvalue weighted by molar-refractivity contribution is 9.10. The number of aldehydes is 1. The highest BCUT2D eigenvalue weighted by atomic mass is 79.9. The fourth-order valence-electron chi connectivity index (χ4n) is 0.856. The van der Waals surface area contributed by atoms with Crippen LogP contribution in [0.3, 0.4) is 0 Å². The molecule has 1 rings (SSSR count). The third-order valence-corrected chi connectivity index (χ3v) is 2.16. The molecule has 0 amide bonds. The highest BCUT2D eigenvalue weighted by Crippen LogP contribution is 2.31. The predicted molar refractivity (Wildman–Crippen MR) is 55.9 cm³/mol. The van der Waals surface area contributed by atoms with Crippen LogP contribution in [-0.4, -0.2) is 11.4 Å². The smallest absolute Gasteiger partial charge is 0.142 e. The van der Waals surface area contributed by atoms with Gasteiger partial charge in [-0.2, -0.15) is 0 Å². The van der Waals surface area contributed by atoms with Crippen molar-refractivity contribution >= 4 is 39.9 Å². The number of phenolic OH excluding ortho intramolecular Hbond substituents is 1. The minimum absolute atomic E-state index is 0.0250. The molecule has 0 heterocycles. The van der Waals surface area contributed by atoms with Gasteiger partial charge in [-0.3, -0.25) is 4.79 Å². The lowest BCUT2D eigenvalue weighted by molar-refractivity contribution is -0.104. The Labute approximate surface area is 89.0 Å². The van der Waals surface area contributed by atoms with E-state index < -0.39 is 0 Å². The van der Waals surface area contributed by atoms with Crippen molar-refractivity contribution in [2.75, 3.05) is 0 Å². The van der Waals surface area contributed by atoms with E-state index in [-0.39, 0.29) is 10.8 Å². The number of rotatable bonds is 2. The van der Waals surface area contributed by atoms with Crippen molar-refractivity contribution in [3.8, 4) is 5.75 Å².